The van der Waals surface area contributed by atoms with Crippen LogP contribution in [0.1, 0.15) is 51.5 Å². The lowest BCUT2D eigenvalue weighted by Gasteiger charge is -2.26. The predicted octanol–water partition coefficient (Wildman–Crippen LogP) is 2.86. The second-order valence-electron chi connectivity index (χ2n) is 6.70. The summed E-state index contributed by atoms with van der Waals surface area (Å²) < 4.78 is 27.5. The molecule has 1 aromatic carbocycles. The summed E-state index contributed by atoms with van der Waals surface area (Å²) in [6.07, 6.45) is 4.55. The highest BCUT2D eigenvalue weighted by Gasteiger charge is 2.24. The van der Waals surface area contributed by atoms with Gasteiger partial charge in [0.25, 0.3) is 0 Å². The first-order valence-corrected chi connectivity index (χ1v) is 9.64. The lowest BCUT2D eigenvalue weighted by atomic mass is 9.94. The number of sulfonamides is 1. The Morgan fingerprint density at radius 1 is 1.14 bits per heavy atom. The van der Waals surface area contributed by atoms with Crippen LogP contribution in [0, 0.1) is 5.92 Å². The summed E-state index contributed by atoms with van der Waals surface area (Å²) in [5.74, 6) is 0.645. The Bertz CT molecular complexity index is 558. The van der Waals surface area contributed by atoms with E-state index in [0.29, 0.717) is 36.5 Å². The molecule has 0 aliphatic heterocycles. The van der Waals surface area contributed by atoms with Gasteiger partial charge in [0.2, 0.25) is 10.0 Å². The highest BCUT2D eigenvalue weighted by atomic mass is 32.2. The molecule has 124 valence electrons. The zero-order valence-electron chi connectivity index (χ0n) is 13.5. The van der Waals surface area contributed by atoms with Crippen molar-refractivity contribution in [3.8, 4) is 0 Å². The van der Waals surface area contributed by atoms with Crippen molar-refractivity contribution >= 4 is 10.0 Å². The highest BCUT2D eigenvalue weighted by molar-refractivity contribution is 7.89. The molecule has 2 N–H and O–H groups in total. The zero-order chi connectivity index (χ0) is 16.2. The number of aryl methyl sites for hydroxylation is 1. The Labute approximate surface area is 134 Å². The quantitative estimate of drug-likeness (QED) is 0.845. The molecule has 0 radical (unpaired) electrons. The lowest BCUT2D eigenvalue weighted by Crippen LogP contribution is -2.38. The van der Waals surface area contributed by atoms with Crippen LogP contribution < -0.4 is 4.72 Å². The molecule has 1 aromatic rings. The van der Waals surface area contributed by atoms with Crippen molar-refractivity contribution in [3.05, 3.63) is 29.8 Å². The minimum atomic E-state index is -3.46. The number of hydrogen-bond donors (Lipinski definition) is 2. The molecule has 4 nitrogen and oxygen atoms in total. The third-order valence-corrected chi connectivity index (χ3v) is 5.80. The van der Waals surface area contributed by atoms with Crippen molar-refractivity contribution in [2.75, 3.05) is 0 Å². The zero-order valence-corrected chi connectivity index (χ0v) is 14.3. The average Bonchev–Trinajstić information content (AvgIpc) is 2.48. The van der Waals surface area contributed by atoms with E-state index < -0.39 is 10.0 Å². The van der Waals surface area contributed by atoms with Gasteiger partial charge in [-0.25, -0.2) is 13.1 Å². The minimum absolute atomic E-state index is 0.0611. The van der Waals surface area contributed by atoms with Crippen molar-refractivity contribution in [2.24, 2.45) is 5.92 Å². The summed E-state index contributed by atoms with van der Waals surface area (Å²) in [6, 6.07) is 7.13. The van der Waals surface area contributed by atoms with Crippen LogP contribution in [0.15, 0.2) is 29.2 Å². The highest BCUT2D eigenvalue weighted by Crippen LogP contribution is 2.21. The Morgan fingerprint density at radius 3 is 2.27 bits per heavy atom. The number of rotatable bonds is 6. The largest absolute Gasteiger partial charge is 0.393 e. The molecule has 1 aliphatic carbocycles. The minimum Gasteiger partial charge on any atom is -0.393 e. The average molecular weight is 325 g/mol. The first-order chi connectivity index (χ1) is 10.4. The molecule has 0 atom stereocenters. The van der Waals surface area contributed by atoms with Crippen LogP contribution in [0.2, 0.25) is 0 Å². The van der Waals surface area contributed by atoms with Crippen LogP contribution in [-0.4, -0.2) is 25.7 Å². The van der Waals surface area contributed by atoms with Crippen LogP contribution in [0.25, 0.3) is 0 Å². The molecule has 2 rings (SSSR count). The molecule has 0 bridgehead atoms. The smallest absolute Gasteiger partial charge is 0.240 e. The van der Waals surface area contributed by atoms with E-state index in [-0.39, 0.29) is 12.1 Å². The second-order valence-corrected chi connectivity index (χ2v) is 8.42. The molecule has 5 heteroatoms. The summed E-state index contributed by atoms with van der Waals surface area (Å²) in [5.41, 5.74) is 1.17. The standard InChI is InChI=1S/C17H27NO3S/c1-13(2)3-4-14-5-11-17(12-6-14)22(20,21)18-15-7-9-16(19)10-8-15/h5-6,11-13,15-16,18-19H,3-4,7-10H2,1-2H3. The summed E-state index contributed by atoms with van der Waals surface area (Å²) in [4.78, 5) is 0.326. The van der Waals surface area contributed by atoms with Crippen LogP contribution in [0.3, 0.4) is 0 Å². The van der Waals surface area contributed by atoms with Crippen molar-refractivity contribution in [2.45, 2.75) is 69.4 Å². The molecule has 0 amide bonds. The number of aliphatic hydroxyl groups excluding tert-OH is 1. The maximum absolute atomic E-state index is 12.4. The number of nitrogens with one attached hydrogen (secondary N) is 1. The van der Waals surface area contributed by atoms with E-state index in [1.807, 2.05) is 12.1 Å². The van der Waals surface area contributed by atoms with Gasteiger partial charge in [-0.3, -0.25) is 0 Å². The van der Waals surface area contributed by atoms with Gasteiger partial charge >= 0.3 is 0 Å². The van der Waals surface area contributed by atoms with E-state index >= 15 is 0 Å². The third kappa shape index (κ3) is 5.07. The summed E-state index contributed by atoms with van der Waals surface area (Å²) in [6.45, 7) is 4.37. The fourth-order valence-electron chi connectivity index (χ4n) is 2.77. The Balaban J connectivity index is 1.97. The number of hydrogen-bond acceptors (Lipinski definition) is 3. The van der Waals surface area contributed by atoms with Crippen LogP contribution in [0.5, 0.6) is 0 Å². The van der Waals surface area contributed by atoms with Gasteiger partial charge in [-0.05, 0) is 62.1 Å². The molecular formula is C17H27NO3S. The van der Waals surface area contributed by atoms with Gasteiger partial charge in [0.1, 0.15) is 0 Å². The van der Waals surface area contributed by atoms with E-state index in [9.17, 15) is 13.5 Å². The molecule has 0 saturated heterocycles. The van der Waals surface area contributed by atoms with E-state index in [1.54, 1.807) is 12.1 Å². The molecule has 22 heavy (non-hydrogen) atoms. The molecule has 1 aliphatic rings. The van der Waals surface area contributed by atoms with Gasteiger partial charge in [0, 0.05) is 6.04 Å². The molecule has 0 aromatic heterocycles. The molecule has 1 saturated carbocycles. The van der Waals surface area contributed by atoms with E-state index in [4.69, 9.17) is 0 Å². The lowest BCUT2D eigenvalue weighted by molar-refractivity contribution is 0.120. The second kappa shape index (κ2) is 7.57. The van der Waals surface area contributed by atoms with Crippen molar-refractivity contribution in [1.82, 2.24) is 4.72 Å². The molecule has 0 heterocycles. The van der Waals surface area contributed by atoms with Gasteiger partial charge in [0.15, 0.2) is 0 Å². The van der Waals surface area contributed by atoms with Crippen molar-refractivity contribution in [1.29, 1.82) is 0 Å². The van der Waals surface area contributed by atoms with Crippen LogP contribution in [0.4, 0.5) is 0 Å². The van der Waals surface area contributed by atoms with Gasteiger partial charge in [-0.1, -0.05) is 26.0 Å². The van der Waals surface area contributed by atoms with E-state index in [0.717, 1.165) is 12.8 Å². The Morgan fingerprint density at radius 2 is 1.73 bits per heavy atom. The summed E-state index contributed by atoms with van der Waals surface area (Å²) >= 11 is 0. The third-order valence-electron chi connectivity index (χ3n) is 4.26. The SMILES string of the molecule is CC(C)CCc1ccc(S(=O)(=O)NC2CCC(O)CC2)cc1. The number of benzene rings is 1. The fourth-order valence-corrected chi connectivity index (χ4v) is 4.08. The fraction of sp³-hybridized carbons (Fsp3) is 0.647. The first kappa shape index (κ1) is 17.4. The van der Waals surface area contributed by atoms with Crippen LogP contribution >= 0.6 is 0 Å². The normalized spacial score (nSPS) is 22.9. The van der Waals surface area contributed by atoms with Gasteiger partial charge < -0.3 is 5.11 Å². The van der Waals surface area contributed by atoms with E-state index in [2.05, 4.69) is 18.6 Å². The first-order valence-electron chi connectivity index (χ1n) is 8.16. The van der Waals surface area contributed by atoms with Gasteiger partial charge in [-0.2, -0.15) is 0 Å². The van der Waals surface area contributed by atoms with Gasteiger partial charge in [-0.15, -0.1) is 0 Å². The van der Waals surface area contributed by atoms with Crippen molar-refractivity contribution in [3.63, 3.8) is 0 Å². The molecule has 0 spiro atoms. The molecular weight excluding hydrogens is 298 g/mol. The van der Waals surface area contributed by atoms with Crippen LogP contribution in [-0.2, 0) is 16.4 Å². The summed E-state index contributed by atoms with van der Waals surface area (Å²) in [7, 11) is -3.46. The van der Waals surface area contributed by atoms with E-state index in [1.165, 1.54) is 5.56 Å². The molecule has 0 unspecified atom stereocenters. The van der Waals surface area contributed by atoms with Gasteiger partial charge in [0.05, 0.1) is 11.0 Å². The Kier molecular flexibility index (Phi) is 6.01. The number of aliphatic hydroxyl groups is 1. The van der Waals surface area contributed by atoms with Crippen molar-refractivity contribution < 1.29 is 13.5 Å². The molecule has 1 fully saturated rings. The monoisotopic (exact) mass is 325 g/mol. The Hall–Kier alpha value is -0.910. The predicted molar refractivity (Wildman–Crippen MR) is 88.2 cm³/mol. The maximum Gasteiger partial charge on any atom is 0.240 e. The maximum atomic E-state index is 12.4. The topological polar surface area (TPSA) is 66.4 Å². The summed E-state index contributed by atoms with van der Waals surface area (Å²) in [5, 5.41) is 9.49.